The maximum Gasteiger partial charge on any atom is 0.293 e. The van der Waals surface area contributed by atoms with Crippen molar-refractivity contribution < 1.29 is 15.0 Å². The van der Waals surface area contributed by atoms with Gasteiger partial charge in [-0.2, -0.15) is 0 Å². The summed E-state index contributed by atoms with van der Waals surface area (Å²) < 4.78 is 0. The lowest BCUT2D eigenvalue weighted by Gasteiger charge is -2.17. The van der Waals surface area contributed by atoms with Crippen molar-refractivity contribution in [3.05, 3.63) is 93.2 Å². The Morgan fingerprint density at radius 2 is 1.76 bits per heavy atom. The average molecular weight is 513 g/mol. The van der Waals surface area contributed by atoms with Crippen molar-refractivity contribution in [1.82, 2.24) is 20.2 Å². The summed E-state index contributed by atoms with van der Waals surface area (Å²) in [5.41, 5.74) is 3.48. The normalized spacial score (nSPS) is 17.6. The minimum atomic E-state index is -0.594. The molecule has 3 aromatic rings. The van der Waals surface area contributed by atoms with Gasteiger partial charge in [-0.25, -0.2) is 4.98 Å². The summed E-state index contributed by atoms with van der Waals surface area (Å²) in [5, 5.41) is 23.4. The van der Waals surface area contributed by atoms with E-state index in [1.807, 2.05) is 41.3 Å². The van der Waals surface area contributed by atoms with E-state index < -0.39 is 11.3 Å². The van der Waals surface area contributed by atoms with Gasteiger partial charge in [0.1, 0.15) is 0 Å². The number of benzene rings is 2. The zero-order valence-electron chi connectivity index (χ0n) is 21.2. The summed E-state index contributed by atoms with van der Waals surface area (Å²) in [7, 11) is 0. The molecule has 1 aromatic heterocycles. The predicted molar refractivity (Wildman–Crippen MR) is 143 cm³/mol. The molecule has 2 fully saturated rings. The lowest BCUT2D eigenvalue weighted by molar-refractivity contribution is -0.131. The van der Waals surface area contributed by atoms with Gasteiger partial charge in [0, 0.05) is 55.1 Å². The number of rotatable bonds is 8. The van der Waals surface area contributed by atoms with E-state index in [2.05, 4.69) is 39.3 Å². The van der Waals surface area contributed by atoms with Gasteiger partial charge in [0.15, 0.2) is 0 Å². The fraction of sp³-hybridized carbons (Fsp3) is 0.367. The number of H-pyrrole nitrogens is 1. The number of amides is 1. The number of likely N-dealkylation sites (tertiary alicyclic amines) is 1. The fourth-order valence-corrected chi connectivity index (χ4v) is 4.77. The maximum absolute atomic E-state index is 12.2. The first-order valence-electron chi connectivity index (χ1n) is 13.1. The van der Waals surface area contributed by atoms with Crippen molar-refractivity contribution in [2.24, 2.45) is 5.92 Å². The first-order valence-corrected chi connectivity index (χ1v) is 13.1. The Morgan fingerprint density at radius 1 is 1.08 bits per heavy atom. The monoisotopic (exact) mass is 512 g/mol. The van der Waals surface area contributed by atoms with E-state index in [1.165, 1.54) is 11.9 Å². The lowest BCUT2D eigenvalue weighted by atomic mass is 9.94. The van der Waals surface area contributed by atoms with Gasteiger partial charge >= 0.3 is 0 Å². The molecule has 0 radical (unpaired) electrons. The van der Waals surface area contributed by atoms with Crippen molar-refractivity contribution in [2.45, 2.75) is 44.2 Å². The number of aromatic hydroxyl groups is 1. The van der Waals surface area contributed by atoms with Gasteiger partial charge in [-0.15, -0.1) is 0 Å². The van der Waals surface area contributed by atoms with E-state index in [0.717, 1.165) is 55.6 Å². The molecule has 1 saturated heterocycles. The van der Waals surface area contributed by atoms with Crippen molar-refractivity contribution in [2.75, 3.05) is 19.7 Å². The molecule has 0 bridgehead atoms. The quantitative estimate of drug-likeness (QED) is 0.344. The molecule has 2 atom stereocenters. The molecule has 1 aliphatic heterocycles. The Bertz CT molecular complexity index is 1380. The Labute approximate surface area is 221 Å². The predicted octanol–water partition coefficient (Wildman–Crippen LogP) is 2.29. The van der Waals surface area contributed by atoms with Crippen LogP contribution in [0.2, 0.25) is 0 Å². The smallest absolute Gasteiger partial charge is 0.293 e. The molecule has 38 heavy (non-hydrogen) atoms. The number of nitrogens with zero attached hydrogens (tertiary/aromatic N) is 2. The van der Waals surface area contributed by atoms with Crippen LogP contribution in [0.1, 0.15) is 53.1 Å². The number of aliphatic hydroxyl groups excluding tert-OH is 1. The summed E-state index contributed by atoms with van der Waals surface area (Å²) in [6, 6.07) is 16.1. The van der Waals surface area contributed by atoms with Crippen LogP contribution >= 0.6 is 0 Å². The van der Waals surface area contributed by atoms with Crippen LogP contribution in [0.4, 0.5) is 0 Å². The highest BCUT2D eigenvalue weighted by Crippen LogP contribution is 2.32. The maximum atomic E-state index is 12.2. The Hall–Kier alpha value is -3.93. The van der Waals surface area contributed by atoms with Crippen molar-refractivity contribution in [1.29, 1.82) is 0 Å². The van der Waals surface area contributed by atoms with Crippen LogP contribution in [0.25, 0.3) is 0 Å². The average Bonchev–Trinajstić information content (AvgIpc) is 3.69. The number of carbonyl (C=O) groups excluding carboxylic acids is 1. The van der Waals surface area contributed by atoms with E-state index in [0.29, 0.717) is 17.9 Å². The van der Waals surface area contributed by atoms with Crippen LogP contribution in [0, 0.1) is 17.8 Å². The van der Waals surface area contributed by atoms with Gasteiger partial charge in [-0.3, -0.25) is 9.59 Å². The first-order chi connectivity index (χ1) is 18.5. The summed E-state index contributed by atoms with van der Waals surface area (Å²) in [4.78, 5) is 32.2. The van der Waals surface area contributed by atoms with E-state index in [-0.39, 0.29) is 24.6 Å². The standard InChI is InChI=1S/C30H32N4O4/c35-18-25(15-27-28(36)29(37)33-19-32-27)23-9-7-21(8-10-23)2-1-20-3-5-22(6-4-20)16-31-26-13-14-34(17-26)30(38)24-11-12-24/h3-10,19,24-26,31,35-36H,11-18H2,(H,32,33,37). The Kier molecular flexibility index (Phi) is 7.87. The zero-order chi connectivity index (χ0) is 26.5. The van der Waals surface area contributed by atoms with E-state index in [9.17, 15) is 19.8 Å². The first kappa shape index (κ1) is 25.7. The van der Waals surface area contributed by atoms with Crippen LogP contribution in [0.15, 0.2) is 59.7 Å². The van der Waals surface area contributed by atoms with Gasteiger partial charge in [0.05, 0.1) is 18.6 Å². The SMILES string of the molecule is O=C(C1CC1)N1CCC(NCc2ccc(C#Cc3ccc(C(CO)Cc4nc[nH]c(=O)c4O)cc3)cc2)C1. The van der Waals surface area contributed by atoms with E-state index in [1.54, 1.807) is 0 Å². The number of aromatic nitrogens is 2. The number of aliphatic hydroxyl groups is 1. The second-order valence-electron chi connectivity index (χ2n) is 10.1. The largest absolute Gasteiger partial charge is 0.502 e. The fourth-order valence-electron chi connectivity index (χ4n) is 4.77. The van der Waals surface area contributed by atoms with Crippen molar-refractivity contribution >= 4 is 5.91 Å². The second-order valence-corrected chi connectivity index (χ2v) is 10.1. The van der Waals surface area contributed by atoms with Crippen LogP contribution in [0.5, 0.6) is 5.75 Å². The molecule has 4 N–H and O–H groups in total. The van der Waals surface area contributed by atoms with Gasteiger partial charge < -0.3 is 25.4 Å². The number of hydrogen-bond acceptors (Lipinski definition) is 6. The highest BCUT2D eigenvalue weighted by Gasteiger charge is 2.36. The van der Waals surface area contributed by atoms with Gasteiger partial charge in [0.25, 0.3) is 5.56 Å². The third-order valence-electron chi connectivity index (χ3n) is 7.27. The van der Waals surface area contributed by atoms with Crippen molar-refractivity contribution in [3.63, 3.8) is 0 Å². The Balaban J connectivity index is 1.13. The minimum absolute atomic E-state index is 0.141. The number of hydrogen-bond donors (Lipinski definition) is 4. The molecule has 2 unspecified atom stereocenters. The molecule has 0 spiro atoms. The molecule has 2 aliphatic rings. The van der Waals surface area contributed by atoms with Gasteiger partial charge in [-0.05, 0) is 54.7 Å². The molecule has 8 nitrogen and oxygen atoms in total. The highest BCUT2D eigenvalue weighted by atomic mass is 16.3. The van der Waals surface area contributed by atoms with Crippen LogP contribution < -0.4 is 10.9 Å². The van der Waals surface area contributed by atoms with Gasteiger partial charge in [-0.1, -0.05) is 36.1 Å². The van der Waals surface area contributed by atoms with Crippen molar-refractivity contribution in [3.8, 4) is 17.6 Å². The molecule has 2 heterocycles. The summed E-state index contributed by atoms with van der Waals surface area (Å²) in [6.45, 7) is 2.29. The Morgan fingerprint density at radius 3 is 2.42 bits per heavy atom. The summed E-state index contributed by atoms with van der Waals surface area (Å²) >= 11 is 0. The number of aromatic amines is 1. The molecular weight excluding hydrogens is 480 g/mol. The zero-order valence-corrected chi connectivity index (χ0v) is 21.2. The number of carbonyl (C=O) groups is 1. The summed E-state index contributed by atoms with van der Waals surface area (Å²) in [5.74, 6) is 6.27. The molecule has 196 valence electrons. The minimum Gasteiger partial charge on any atom is -0.502 e. The van der Waals surface area contributed by atoms with Gasteiger partial charge in [0.2, 0.25) is 11.7 Å². The second kappa shape index (κ2) is 11.6. The summed E-state index contributed by atoms with van der Waals surface area (Å²) in [6.07, 6.45) is 4.61. The van der Waals surface area contributed by atoms with Crippen LogP contribution in [-0.2, 0) is 17.8 Å². The van der Waals surface area contributed by atoms with Crippen LogP contribution in [0.3, 0.4) is 0 Å². The number of nitrogens with one attached hydrogen (secondary N) is 2. The molecule has 1 amide bonds. The lowest BCUT2D eigenvalue weighted by Crippen LogP contribution is -2.35. The van der Waals surface area contributed by atoms with E-state index >= 15 is 0 Å². The molecule has 1 aliphatic carbocycles. The molecular formula is C30H32N4O4. The third kappa shape index (κ3) is 6.31. The molecule has 1 saturated carbocycles. The molecule has 5 rings (SSSR count). The highest BCUT2D eigenvalue weighted by molar-refractivity contribution is 5.81. The molecule has 2 aromatic carbocycles. The third-order valence-corrected chi connectivity index (χ3v) is 7.27. The van der Waals surface area contributed by atoms with E-state index in [4.69, 9.17) is 0 Å². The topological polar surface area (TPSA) is 119 Å². The molecule has 8 heteroatoms. The van der Waals surface area contributed by atoms with Crippen LogP contribution in [-0.4, -0.2) is 56.7 Å².